The van der Waals surface area contributed by atoms with Crippen LogP contribution in [0, 0.1) is 5.41 Å². The van der Waals surface area contributed by atoms with Crippen LogP contribution in [-0.2, 0) is 9.53 Å². The number of benzene rings is 2. The summed E-state index contributed by atoms with van der Waals surface area (Å²) in [5.41, 5.74) is 1.55. The molecule has 0 aliphatic heterocycles. The van der Waals surface area contributed by atoms with Crippen molar-refractivity contribution in [3.05, 3.63) is 67.3 Å². The molecule has 144 valence electrons. The van der Waals surface area contributed by atoms with Gasteiger partial charge >= 0.3 is 5.97 Å². The van der Waals surface area contributed by atoms with Crippen molar-refractivity contribution in [1.82, 2.24) is 0 Å². The Morgan fingerprint density at radius 1 is 1.11 bits per heavy atom. The van der Waals surface area contributed by atoms with Gasteiger partial charge < -0.3 is 13.9 Å². The Kier molecular flexibility index (Phi) is 4.71. The lowest BCUT2D eigenvalue weighted by atomic mass is 9.87. The minimum Gasteiger partial charge on any atom is -0.490 e. The second-order valence-corrected chi connectivity index (χ2v) is 7.81. The Labute approximate surface area is 164 Å². The lowest BCUT2D eigenvalue weighted by molar-refractivity contribution is -0.148. The fourth-order valence-corrected chi connectivity index (χ4v) is 3.86. The van der Waals surface area contributed by atoms with E-state index in [9.17, 15) is 4.79 Å². The van der Waals surface area contributed by atoms with Crippen molar-refractivity contribution < 1.29 is 18.7 Å². The molecule has 0 amide bonds. The highest BCUT2D eigenvalue weighted by molar-refractivity contribution is 5.84. The van der Waals surface area contributed by atoms with Crippen molar-refractivity contribution in [2.45, 2.75) is 38.9 Å². The van der Waals surface area contributed by atoms with Crippen molar-refractivity contribution in [1.29, 1.82) is 0 Å². The van der Waals surface area contributed by atoms with E-state index < -0.39 is 0 Å². The first-order valence-electron chi connectivity index (χ1n) is 9.56. The molecular formula is C24H24O4. The van der Waals surface area contributed by atoms with Gasteiger partial charge in [-0.1, -0.05) is 50.8 Å². The molecule has 1 heterocycles. The summed E-state index contributed by atoms with van der Waals surface area (Å²) in [6.45, 7) is 7.62. The topological polar surface area (TPSA) is 48.7 Å². The summed E-state index contributed by atoms with van der Waals surface area (Å²) in [5, 5.41) is 1.04. The highest BCUT2D eigenvalue weighted by Crippen LogP contribution is 2.42. The number of fused-ring (bicyclic) bond motifs is 1. The van der Waals surface area contributed by atoms with Crippen LogP contribution in [0.4, 0.5) is 0 Å². The summed E-state index contributed by atoms with van der Waals surface area (Å²) in [5.74, 6) is 1.21. The lowest BCUT2D eigenvalue weighted by Crippen LogP contribution is -2.38. The molecule has 0 radical (unpaired) electrons. The second kappa shape index (κ2) is 7.19. The third kappa shape index (κ3) is 3.42. The van der Waals surface area contributed by atoms with Crippen LogP contribution in [-0.4, -0.2) is 18.2 Å². The van der Waals surface area contributed by atoms with Gasteiger partial charge in [-0.15, -0.1) is 0 Å². The lowest BCUT2D eigenvalue weighted by Gasteiger charge is -2.32. The van der Waals surface area contributed by atoms with Gasteiger partial charge in [-0.05, 0) is 31.0 Å². The first-order valence-corrected chi connectivity index (χ1v) is 9.56. The Balaban J connectivity index is 1.53. The summed E-state index contributed by atoms with van der Waals surface area (Å²) in [6.07, 6.45) is 2.59. The van der Waals surface area contributed by atoms with E-state index in [-0.39, 0.29) is 23.6 Å². The number of esters is 1. The zero-order valence-corrected chi connectivity index (χ0v) is 16.2. The molecule has 1 aliphatic carbocycles. The normalized spacial score (nSPS) is 20.8. The van der Waals surface area contributed by atoms with E-state index in [4.69, 9.17) is 13.9 Å². The van der Waals surface area contributed by atoms with Crippen molar-refractivity contribution in [3.8, 4) is 17.1 Å². The SMILES string of the molecule is C=CC(=O)OC1CCC(Oc2ccc3cc(-c4ccccc4)oc3c2)C1(C)C. The maximum atomic E-state index is 11.6. The van der Waals surface area contributed by atoms with Gasteiger partial charge in [0.1, 0.15) is 29.3 Å². The van der Waals surface area contributed by atoms with Crippen LogP contribution >= 0.6 is 0 Å². The number of carbonyl (C=O) groups is 1. The molecule has 1 aromatic heterocycles. The summed E-state index contributed by atoms with van der Waals surface area (Å²) in [7, 11) is 0. The van der Waals surface area contributed by atoms with Crippen LogP contribution in [0.15, 0.2) is 71.7 Å². The smallest absolute Gasteiger partial charge is 0.330 e. The highest BCUT2D eigenvalue weighted by atomic mass is 16.5. The molecular weight excluding hydrogens is 352 g/mol. The van der Waals surface area contributed by atoms with Crippen molar-refractivity contribution in [3.63, 3.8) is 0 Å². The highest BCUT2D eigenvalue weighted by Gasteiger charge is 2.47. The van der Waals surface area contributed by atoms with Crippen LogP contribution in [0.2, 0.25) is 0 Å². The predicted octanol–water partition coefficient (Wildman–Crippen LogP) is 5.77. The largest absolute Gasteiger partial charge is 0.490 e. The molecule has 28 heavy (non-hydrogen) atoms. The molecule has 2 atom stereocenters. The van der Waals surface area contributed by atoms with Gasteiger partial charge in [-0.25, -0.2) is 4.79 Å². The Hall–Kier alpha value is -3.01. The number of furan rings is 1. The minimum absolute atomic E-state index is 0.0453. The van der Waals surface area contributed by atoms with E-state index in [2.05, 4.69) is 20.4 Å². The van der Waals surface area contributed by atoms with Crippen molar-refractivity contribution >= 4 is 16.9 Å². The maximum Gasteiger partial charge on any atom is 0.330 e. The fraction of sp³-hybridized carbons (Fsp3) is 0.292. The second-order valence-electron chi connectivity index (χ2n) is 7.81. The monoisotopic (exact) mass is 376 g/mol. The van der Waals surface area contributed by atoms with Crippen LogP contribution in [0.1, 0.15) is 26.7 Å². The number of hydrogen-bond acceptors (Lipinski definition) is 4. The average molecular weight is 376 g/mol. The molecule has 0 bridgehead atoms. The molecule has 0 N–H and O–H groups in total. The fourth-order valence-electron chi connectivity index (χ4n) is 3.86. The third-order valence-corrected chi connectivity index (χ3v) is 5.60. The van der Waals surface area contributed by atoms with E-state index in [0.29, 0.717) is 0 Å². The molecule has 4 rings (SSSR count). The molecule has 4 heteroatoms. The van der Waals surface area contributed by atoms with Gasteiger partial charge in [0.25, 0.3) is 0 Å². The Morgan fingerprint density at radius 2 is 1.86 bits per heavy atom. The van der Waals surface area contributed by atoms with Gasteiger partial charge in [-0.2, -0.15) is 0 Å². The van der Waals surface area contributed by atoms with E-state index in [1.165, 1.54) is 6.08 Å². The maximum absolute atomic E-state index is 11.6. The van der Waals surface area contributed by atoms with E-state index in [1.807, 2.05) is 54.6 Å². The zero-order chi connectivity index (χ0) is 19.7. The average Bonchev–Trinajstić information content (AvgIpc) is 3.24. The number of carbonyl (C=O) groups excluding carboxylic acids is 1. The van der Waals surface area contributed by atoms with Crippen LogP contribution in [0.25, 0.3) is 22.3 Å². The quantitative estimate of drug-likeness (QED) is 0.419. The number of hydrogen-bond donors (Lipinski definition) is 0. The van der Waals surface area contributed by atoms with Crippen LogP contribution < -0.4 is 4.74 Å². The molecule has 1 aliphatic rings. The molecule has 2 aromatic carbocycles. The van der Waals surface area contributed by atoms with Crippen LogP contribution in [0.3, 0.4) is 0 Å². The van der Waals surface area contributed by atoms with E-state index in [0.717, 1.165) is 40.9 Å². The number of ether oxygens (including phenoxy) is 2. The van der Waals surface area contributed by atoms with E-state index in [1.54, 1.807) is 0 Å². The molecule has 1 fully saturated rings. The Bertz CT molecular complexity index is 1000. The van der Waals surface area contributed by atoms with Crippen LogP contribution in [0.5, 0.6) is 5.75 Å². The summed E-state index contributed by atoms with van der Waals surface area (Å²) in [4.78, 5) is 11.6. The molecule has 1 saturated carbocycles. The summed E-state index contributed by atoms with van der Waals surface area (Å²) in [6, 6.07) is 18.0. The standard InChI is InChI=1S/C24H24O4/c1-4-23(25)28-22-13-12-21(24(22,2)3)26-18-11-10-17-14-19(27-20(17)15-18)16-8-6-5-7-9-16/h4-11,14-15,21-22H,1,12-13H2,2-3H3. The molecule has 3 aromatic rings. The molecule has 0 saturated heterocycles. The molecule has 0 spiro atoms. The van der Waals surface area contributed by atoms with Gasteiger partial charge in [0.15, 0.2) is 0 Å². The van der Waals surface area contributed by atoms with Gasteiger partial charge in [0.05, 0.1) is 0 Å². The van der Waals surface area contributed by atoms with Crippen molar-refractivity contribution in [2.24, 2.45) is 5.41 Å². The van der Waals surface area contributed by atoms with E-state index >= 15 is 0 Å². The first-order chi connectivity index (χ1) is 13.5. The third-order valence-electron chi connectivity index (χ3n) is 5.60. The minimum atomic E-state index is -0.385. The number of rotatable bonds is 5. The summed E-state index contributed by atoms with van der Waals surface area (Å²) < 4.78 is 17.8. The molecule has 4 nitrogen and oxygen atoms in total. The van der Waals surface area contributed by atoms with Gasteiger partial charge in [0, 0.05) is 28.5 Å². The van der Waals surface area contributed by atoms with Gasteiger partial charge in [0.2, 0.25) is 0 Å². The first kappa shape index (κ1) is 18.4. The molecule has 2 unspecified atom stereocenters. The zero-order valence-electron chi connectivity index (χ0n) is 16.2. The predicted molar refractivity (Wildman–Crippen MR) is 109 cm³/mol. The summed E-state index contributed by atoms with van der Waals surface area (Å²) >= 11 is 0. The Morgan fingerprint density at radius 3 is 2.61 bits per heavy atom. The van der Waals surface area contributed by atoms with Gasteiger partial charge in [-0.3, -0.25) is 0 Å². The van der Waals surface area contributed by atoms with Crippen molar-refractivity contribution in [2.75, 3.05) is 0 Å².